The van der Waals surface area contributed by atoms with E-state index in [1.807, 2.05) is 24.5 Å². The second-order valence-corrected chi connectivity index (χ2v) is 6.83. The summed E-state index contributed by atoms with van der Waals surface area (Å²) in [6.07, 6.45) is 8.42. The molecule has 2 aliphatic heterocycles. The van der Waals surface area contributed by atoms with Gasteiger partial charge in [-0.05, 0) is 25.1 Å². The zero-order valence-electron chi connectivity index (χ0n) is 15.4. The van der Waals surface area contributed by atoms with E-state index < -0.39 is 0 Å². The number of halogens is 2. The van der Waals surface area contributed by atoms with Crippen molar-refractivity contribution in [3.63, 3.8) is 0 Å². The molecule has 5 heterocycles. The van der Waals surface area contributed by atoms with Crippen LogP contribution >= 0.6 is 24.8 Å². The number of aromatic nitrogens is 5. The Labute approximate surface area is 176 Å². The molecule has 0 unspecified atom stereocenters. The van der Waals surface area contributed by atoms with Crippen molar-refractivity contribution in [1.82, 2.24) is 30.5 Å². The average Bonchev–Trinajstić information content (AvgIpc) is 3.03. The first-order valence-corrected chi connectivity index (χ1v) is 9.15. The second kappa shape index (κ2) is 8.86. The fourth-order valence-electron chi connectivity index (χ4n) is 3.81. The minimum atomic E-state index is 0. The molecule has 3 aromatic heterocycles. The highest BCUT2D eigenvalue weighted by atomic mass is 35.5. The van der Waals surface area contributed by atoms with Crippen LogP contribution < -0.4 is 10.2 Å². The molecule has 0 amide bonds. The molecule has 0 aliphatic carbocycles. The largest absolute Gasteiger partial charge is 0.351 e. The van der Waals surface area contributed by atoms with E-state index in [2.05, 4.69) is 25.4 Å². The third-order valence-electron chi connectivity index (χ3n) is 5.18. The van der Waals surface area contributed by atoms with Crippen LogP contribution in [0.2, 0.25) is 0 Å². The van der Waals surface area contributed by atoms with Crippen molar-refractivity contribution in [3.05, 3.63) is 53.2 Å². The third-order valence-corrected chi connectivity index (χ3v) is 5.18. The highest BCUT2D eigenvalue weighted by molar-refractivity contribution is 5.85. The molecule has 0 bridgehead atoms. The van der Waals surface area contributed by atoms with E-state index in [9.17, 15) is 0 Å². The van der Waals surface area contributed by atoms with E-state index in [0.29, 0.717) is 0 Å². The highest BCUT2D eigenvalue weighted by Gasteiger charge is 2.25. The number of nitrogens with one attached hydrogen (secondary N) is 2. The Hall–Kier alpha value is -2.22. The molecule has 0 spiro atoms. The Morgan fingerprint density at radius 2 is 1.89 bits per heavy atom. The normalized spacial score (nSPS) is 15.5. The van der Waals surface area contributed by atoms with Crippen LogP contribution in [0.5, 0.6) is 0 Å². The number of anilines is 1. The number of hydrogen-bond acceptors (Lipinski definition) is 6. The van der Waals surface area contributed by atoms with E-state index >= 15 is 0 Å². The predicted octanol–water partition coefficient (Wildman–Crippen LogP) is 2.36. The van der Waals surface area contributed by atoms with Crippen LogP contribution in [0.4, 0.5) is 5.82 Å². The summed E-state index contributed by atoms with van der Waals surface area (Å²) in [5.74, 6) is 1.84. The predicted molar refractivity (Wildman–Crippen MR) is 113 cm³/mol. The summed E-state index contributed by atoms with van der Waals surface area (Å²) in [5, 5.41) is 10.8. The lowest BCUT2D eigenvalue weighted by Crippen LogP contribution is -2.32. The monoisotopic (exact) mass is 419 g/mol. The van der Waals surface area contributed by atoms with Gasteiger partial charge >= 0.3 is 0 Å². The molecule has 3 aromatic rings. The summed E-state index contributed by atoms with van der Waals surface area (Å²) in [6, 6.07) is 3.96. The summed E-state index contributed by atoms with van der Waals surface area (Å²) in [6.45, 7) is 3.72. The molecule has 9 heteroatoms. The van der Waals surface area contributed by atoms with Crippen LogP contribution in [0, 0.1) is 0 Å². The van der Waals surface area contributed by atoms with Gasteiger partial charge < -0.3 is 10.2 Å². The van der Waals surface area contributed by atoms with Crippen molar-refractivity contribution in [2.24, 2.45) is 0 Å². The number of hydrogen-bond donors (Lipinski definition) is 2. The van der Waals surface area contributed by atoms with Gasteiger partial charge in [0, 0.05) is 67.3 Å². The molecule has 2 N–H and O–H groups in total. The van der Waals surface area contributed by atoms with Gasteiger partial charge in [-0.1, -0.05) is 0 Å². The van der Waals surface area contributed by atoms with Gasteiger partial charge in [0.15, 0.2) is 5.82 Å². The summed E-state index contributed by atoms with van der Waals surface area (Å²) in [4.78, 5) is 16.5. The van der Waals surface area contributed by atoms with Crippen molar-refractivity contribution < 1.29 is 0 Å². The summed E-state index contributed by atoms with van der Waals surface area (Å²) in [7, 11) is 0. The van der Waals surface area contributed by atoms with Crippen LogP contribution in [0.15, 0.2) is 30.7 Å². The van der Waals surface area contributed by atoms with E-state index in [1.54, 1.807) is 6.20 Å². The summed E-state index contributed by atoms with van der Waals surface area (Å²) < 4.78 is 0. The van der Waals surface area contributed by atoms with Gasteiger partial charge in [0.2, 0.25) is 0 Å². The molecule has 0 atom stereocenters. The van der Waals surface area contributed by atoms with Crippen molar-refractivity contribution in [3.8, 4) is 11.4 Å². The molecule has 5 rings (SSSR count). The number of rotatable bonds is 2. The maximum atomic E-state index is 5.00. The quantitative estimate of drug-likeness (QED) is 0.663. The number of H-pyrrole nitrogens is 1. The Morgan fingerprint density at radius 3 is 2.75 bits per heavy atom. The first kappa shape index (κ1) is 20.5. The van der Waals surface area contributed by atoms with Gasteiger partial charge in [0.05, 0.1) is 11.9 Å². The van der Waals surface area contributed by atoms with Crippen LogP contribution in [-0.4, -0.2) is 44.8 Å². The second-order valence-electron chi connectivity index (χ2n) is 6.83. The minimum Gasteiger partial charge on any atom is -0.351 e. The SMILES string of the molecule is Cl.Cl.c1cncc(-c2nc3c(c(N4CCc5[nH]ncc5C4)n2)CCNCC3)c1. The fraction of sp³-hybridized carbons (Fsp3) is 0.368. The molecule has 0 saturated heterocycles. The molecule has 7 nitrogen and oxygen atoms in total. The van der Waals surface area contributed by atoms with Gasteiger partial charge in [-0.25, -0.2) is 9.97 Å². The van der Waals surface area contributed by atoms with Gasteiger partial charge in [-0.15, -0.1) is 24.8 Å². The molecule has 0 saturated carbocycles. The van der Waals surface area contributed by atoms with Crippen molar-refractivity contribution in [1.29, 1.82) is 0 Å². The zero-order valence-corrected chi connectivity index (χ0v) is 17.0. The maximum absolute atomic E-state index is 5.00. The molecular formula is C19H23Cl2N7. The zero-order chi connectivity index (χ0) is 17.3. The first-order valence-electron chi connectivity index (χ1n) is 9.15. The molecule has 2 aliphatic rings. The number of aromatic amines is 1. The molecule has 0 radical (unpaired) electrons. The fourth-order valence-corrected chi connectivity index (χ4v) is 3.81. The first-order chi connectivity index (χ1) is 12.9. The van der Waals surface area contributed by atoms with Crippen molar-refractivity contribution in [2.75, 3.05) is 24.5 Å². The Bertz CT molecular complexity index is 929. The lowest BCUT2D eigenvalue weighted by molar-refractivity contribution is 0.696. The van der Waals surface area contributed by atoms with Gasteiger partial charge in [0.25, 0.3) is 0 Å². The van der Waals surface area contributed by atoms with E-state index in [0.717, 1.165) is 68.3 Å². The summed E-state index contributed by atoms with van der Waals surface area (Å²) in [5.41, 5.74) is 5.93. The van der Waals surface area contributed by atoms with Crippen molar-refractivity contribution in [2.45, 2.75) is 25.8 Å². The van der Waals surface area contributed by atoms with Crippen LogP contribution in [0.1, 0.15) is 22.5 Å². The Morgan fingerprint density at radius 1 is 1.00 bits per heavy atom. The molecule has 0 aromatic carbocycles. The maximum Gasteiger partial charge on any atom is 0.163 e. The topological polar surface area (TPSA) is 82.6 Å². The number of nitrogens with zero attached hydrogens (tertiary/aromatic N) is 5. The van der Waals surface area contributed by atoms with Crippen LogP contribution in [0.25, 0.3) is 11.4 Å². The lowest BCUT2D eigenvalue weighted by Gasteiger charge is -2.30. The van der Waals surface area contributed by atoms with E-state index in [1.165, 1.54) is 16.8 Å². The van der Waals surface area contributed by atoms with Gasteiger partial charge in [-0.3, -0.25) is 10.1 Å². The summed E-state index contributed by atoms with van der Waals surface area (Å²) >= 11 is 0. The molecule has 28 heavy (non-hydrogen) atoms. The standard InChI is InChI=1S/C19H21N7.2ClH/c1-2-13(10-21-6-1)18-23-17-4-8-20-7-3-15(17)19(24-18)26-9-5-16-14(12-26)11-22-25-16;;/h1-2,6,10-11,20H,3-5,7-9,12H2,(H,22,25);2*1H. The molecule has 148 valence electrons. The van der Waals surface area contributed by atoms with Gasteiger partial charge in [-0.2, -0.15) is 5.10 Å². The van der Waals surface area contributed by atoms with E-state index in [4.69, 9.17) is 9.97 Å². The molecular weight excluding hydrogens is 397 g/mol. The lowest BCUT2D eigenvalue weighted by atomic mass is 10.0. The number of fused-ring (bicyclic) bond motifs is 2. The van der Waals surface area contributed by atoms with Crippen LogP contribution in [0.3, 0.4) is 0 Å². The number of pyridine rings is 1. The van der Waals surface area contributed by atoms with Crippen LogP contribution in [-0.2, 0) is 25.8 Å². The van der Waals surface area contributed by atoms with Crippen molar-refractivity contribution >= 4 is 30.6 Å². The molecule has 0 fully saturated rings. The Balaban J connectivity index is 0.00000112. The third kappa shape index (κ3) is 3.83. The smallest absolute Gasteiger partial charge is 0.163 e. The van der Waals surface area contributed by atoms with Gasteiger partial charge in [0.1, 0.15) is 5.82 Å². The highest BCUT2D eigenvalue weighted by Crippen LogP contribution is 2.30. The average molecular weight is 420 g/mol. The minimum absolute atomic E-state index is 0. The Kier molecular flexibility index (Phi) is 6.49. The van der Waals surface area contributed by atoms with E-state index in [-0.39, 0.29) is 24.8 Å².